The number of hydrogen-bond donors (Lipinski definition) is 4. The molecule has 0 aliphatic carbocycles. The van der Waals surface area contributed by atoms with E-state index >= 15 is 0 Å². The predicted octanol–water partition coefficient (Wildman–Crippen LogP) is 8.38. The van der Waals surface area contributed by atoms with Gasteiger partial charge in [-0.1, -0.05) is 72.8 Å². The number of aliphatic hydroxyl groups is 2. The van der Waals surface area contributed by atoms with Gasteiger partial charge in [0.1, 0.15) is 34.3 Å². The van der Waals surface area contributed by atoms with Crippen LogP contribution in [0.4, 0.5) is 5.69 Å². The summed E-state index contributed by atoms with van der Waals surface area (Å²) in [6, 6.07) is 5.15. The Labute approximate surface area is 379 Å². The van der Waals surface area contributed by atoms with E-state index in [1.165, 1.54) is 46.3 Å². The lowest BCUT2D eigenvalue weighted by Crippen LogP contribution is -2.46. The third-order valence-electron chi connectivity index (χ3n) is 13.5. The molecular formula is C49H62N2O13Si. The molecule has 4 aromatic rings. The highest BCUT2D eigenvalue weighted by atomic mass is 28.4. The highest BCUT2D eigenvalue weighted by Crippen LogP contribution is 2.49. The van der Waals surface area contributed by atoms with E-state index in [1.54, 1.807) is 65.0 Å². The summed E-state index contributed by atoms with van der Waals surface area (Å²) in [6.07, 6.45) is 3.62. The molecule has 9 atom stereocenters. The maximum Gasteiger partial charge on any atom is 0.312 e. The lowest BCUT2D eigenvalue weighted by Gasteiger charge is -2.38. The van der Waals surface area contributed by atoms with Gasteiger partial charge < -0.3 is 48.4 Å². The molecule has 1 aromatic heterocycles. The van der Waals surface area contributed by atoms with Crippen LogP contribution in [0.15, 0.2) is 63.6 Å². The largest absolute Gasteiger partial charge is 0.542 e. The predicted molar refractivity (Wildman–Crippen MR) is 250 cm³/mol. The average Bonchev–Trinajstić information content (AvgIpc) is 3.50. The molecule has 16 heteroatoms. The molecule has 6 rings (SSSR count). The number of anilines is 1. The molecule has 4 N–H and O–H groups in total. The number of nitrogens with one attached hydrogen (secondary N) is 1. The van der Waals surface area contributed by atoms with E-state index in [1.807, 2.05) is 0 Å². The Bertz CT molecular complexity index is 2710. The normalized spacial score (nSPS) is 27.2. The molecule has 0 spiro atoms. The number of fused-ring (bicyclic) bond motifs is 2. The number of aromatic hydroxyl groups is 1. The number of nitrogens with zero attached hydrogens (tertiary/aromatic N) is 1. The standard InChI is InChI=1S/C49H62N2O13Si/c1-23-17-15-18-24(2)47(58)51-38-42(56)34-33(37-45(38)62-31-19-16-20-32(36(31)50-37)64-65(13,14)48(8,9)10)35-44(28(6)41(34)55)63-49(11,46(35)57)60-22-21-30(59-12)25(3)43(61-29(7)52)27(5)40(54)26(4)39(23)53/h15-23,25-27,30,39-40,43,53-54,56H,1-14H3,(H,51,58)/t23-,25+,26+,27+,30-,39-,40+,43+,49-/m0/s1. The van der Waals surface area contributed by atoms with E-state index in [2.05, 4.69) is 39.2 Å². The number of methoxy groups -OCH3 is 1. The van der Waals surface area contributed by atoms with Gasteiger partial charge in [0.25, 0.3) is 20.0 Å². The molecule has 15 nitrogen and oxygen atoms in total. The summed E-state index contributed by atoms with van der Waals surface area (Å²) >= 11 is 0. The third-order valence-corrected chi connectivity index (χ3v) is 17.8. The number of benzene rings is 3. The fourth-order valence-corrected chi connectivity index (χ4v) is 9.33. The Morgan fingerprint density at radius 1 is 0.954 bits per heavy atom. The van der Waals surface area contributed by atoms with E-state index in [-0.39, 0.29) is 66.1 Å². The van der Waals surface area contributed by atoms with Crippen molar-refractivity contribution in [1.29, 1.82) is 0 Å². The van der Waals surface area contributed by atoms with Crippen molar-refractivity contribution in [1.82, 2.24) is 4.98 Å². The number of aliphatic hydroxyl groups excluding tert-OH is 2. The van der Waals surface area contributed by atoms with Crippen molar-refractivity contribution in [3.05, 3.63) is 75.7 Å². The number of para-hydroxylation sites is 1. The number of carbonyl (C=O) groups is 3. The fraction of sp³-hybridized carbons (Fsp3) is 0.490. The molecule has 0 saturated heterocycles. The van der Waals surface area contributed by atoms with Gasteiger partial charge in [0.15, 0.2) is 22.3 Å². The van der Waals surface area contributed by atoms with Gasteiger partial charge in [0.2, 0.25) is 0 Å². The van der Waals surface area contributed by atoms with E-state index in [9.17, 15) is 34.5 Å². The van der Waals surface area contributed by atoms with Gasteiger partial charge in [-0.05, 0) is 50.2 Å². The molecule has 0 radical (unpaired) electrons. The van der Waals surface area contributed by atoms with Crippen LogP contribution >= 0.6 is 0 Å². The number of ketones is 1. The first-order valence-electron chi connectivity index (χ1n) is 21.8. The maximum atomic E-state index is 14.9. The molecule has 1 amide bonds. The Morgan fingerprint density at radius 3 is 2.26 bits per heavy atom. The molecule has 0 saturated carbocycles. The highest BCUT2D eigenvalue weighted by Gasteiger charge is 2.50. The minimum absolute atomic E-state index is 0.0128. The Kier molecular flexibility index (Phi) is 13.6. The average molecular weight is 915 g/mol. The van der Waals surface area contributed by atoms with Crippen molar-refractivity contribution in [2.45, 2.75) is 124 Å². The SMILES string of the molecule is CO[C@H]1C=CO[C@@]2(C)Oc3c(C)c(=O)c4c(O)c(c5oc6cccc(O[Si](C)(C)C(C)(C)C)c6nc5c4c3C2=O)NC(=O)C(C)=CC=C[C@H](C)[C@H](O)[C@@H](C)[C@@H](O)[C@@H](C)[C@H](OC(C)=O)[C@@H]1C. The molecule has 0 fully saturated rings. The van der Waals surface area contributed by atoms with Gasteiger partial charge in [-0.2, -0.15) is 0 Å². The number of phenolic OH excluding ortho intramolecular Hbond substituents is 1. The van der Waals surface area contributed by atoms with E-state index in [0.29, 0.717) is 5.75 Å². The summed E-state index contributed by atoms with van der Waals surface area (Å²) in [5.74, 6) is -6.89. The van der Waals surface area contributed by atoms with Crippen molar-refractivity contribution in [2.24, 2.45) is 23.7 Å². The van der Waals surface area contributed by atoms with Crippen LogP contribution in [0, 0.1) is 30.6 Å². The number of Topliss-reactive ketones (excluding diaryl/α,β-unsaturated/α-hetero) is 1. The molecule has 350 valence electrons. The van der Waals surface area contributed by atoms with Gasteiger partial charge >= 0.3 is 11.8 Å². The lowest BCUT2D eigenvalue weighted by atomic mass is 9.78. The number of ether oxygens (including phenoxy) is 4. The van der Waals surface area contributed by atoms with Crippen molar-refractivity contribution in [3.63, 3.8) is 0 Å². The summed E-state index contributed by atoms with van der Waals surface area (Å²) < 4.78 is 37.2. The smallest absolute Gasteiger partial charge is 0.312 e. The van der Waals surface area contributed by atoms with Crippen LogP contribution in [0.2, 0.25) is 18.1 Å². The molecule has 4 bridgehead atoms. The second-order valence-corrected chi connectivity index (χ2v) is 23.9. The number of aromatic nitrogens is 1. The number of amides is 1. The summed E-state index contributed by atoms with van der Waals surface area (Å²) in [5, 5.41) is 37.3. The second-order valence-electron chi connectivity index (χ2n) is 19.2. The first-order chi connectivity index (χ1) is 30.3. The van der Waals surface area contributed by atoms with Crippen LogP contribution in [0.3, 0.4) is 0 Å². The van der Waals surface area contributed by atoms with Gasteiger partial charge in [0.05, 0.1) is 35.5 Å². The highest BCUT2D eigenvalue weighted by molar-refractivity contribution is 6.74. The van der Waals surface area contributed by atoms with Gasteiger partial charge in [-0.15, -0.1) is 0 Å². The number of carbonyl (C=O) groups excluding carboxylic acids is 3. The number of allylic oxidation sites excluding steroid dienone is 2. The molecule has 0 unspecified atom stereocenters. The number of hydrogen-bond acceptors (Lipinski definition) is 14. The second kappa shape index (κ2) is 18.0. The van der Waals surface area contributed by atoms with Crippen LogP contribution in [0.5, 0.6) is 17.2 Å². The summed E-state index contributed by atoms with van der Waals surface area (Å²) in [4.78, 5) is 60.8. The molecule has 2 aliphatic rings. The van der Waals surface area contributed by atoms with Crippen molar-refractivity contribution in [2.75, 3.05) is 12.4 Å². The number of phenols is 1. The van der Waals surface area contributed by atoms with Crippen LogP contribution in [-0.4, -0.2) is 83.6 Å². The van der Waals surface area contributed by atoms with E-state index < -0.39 is 91.0 Å². The summed E-state index contributed by atoms with van der Waals surface area (Å²) in [7, 11) is -1.03. The molecule has 3 heterocycles. The lowest BCUT2D eigenvalue weighted by molar-refractivity contribution is -0.160. The van der Waals surface area contributed by atoms with Crippen LogP contribution in [0.25, 0.3) is 33.0 Å². The molecule has 65 heavy (non-hydrogen) atoms. The Hall–Kier alpha value is -5.55. The molecular weight excluding hydrogens is 853 g/mol. The van der Waals surface area contributed by atoms with Crippen LogP contribution in [0.1, 0.15) is 85.2 Å². The molecule has 3 aromatic carbocycles. The van der Waals surface area contributed by atoms with Gasteiger partial charge in [-0.25, -0.2) is 4.98 Å². The monoisotopic (exact) mass is 914 g/mol. The quantitative estimate of drug-likeness (QED) is 0.0498. The zero-order valence-corrected chi connectivity index (χ0v) is 40.6. The summed E-state index contributed by atoms with van der Waals surface area (Å²) in [5.41, 5.74) is -0.561. The zero-order chi connectivity index (χ0) is 48.2. The van der Waals surface area contributed by atoms with Crippen molar-refractivity contribution in [3.8, 4) is 17.2 Å². The first kappa shape index (κ1) is 48.9. The van der Waals surface area contributed by atoms with Crippen LogP contribution < -0.4 is 19.9 Å². The summed E-state index contributed by atoms with van der Waals surface area (Å²) in [6.45, 7) is 23.0. The van der Waals surface area contributed by atoms with Crippen molar-refractivity contribution < 1.29 is 57.5 Å². The Morgan fingerprint density at radius 2 is 1.63 bits per heavy atom. The first-order valence-corrected chi connectivity index (χ1v) is 24.8. The van der Waals surface area contributed by atoms with E-state index in [4.69, 9.17) is 32.8 Å². The zero-order valence-electron chi connectivity index (χ0n) is 39.6. The minimum atomic E-state index is -2.47. The fourth-order valence-electron chi connectivity index (χ4n) is 8.31. The maximum absolute atomic E-state index is 14.9. The number of rotatable bonds is 4. The molecule has 2 aliphatic heterocycles. The van der Waals surface area contributed by atoms with Crippen LogP contribution in [-0.2, 0) is 23.8 Å². The number of esters is 1. The Balaban J connectivity index is 1.63. The van der Waals surface area contributed by atoms with Crippen molar-refractivity contribution >= 4 is 64.6 Å². The van der Waals surface area contributed by atoms with E-state index in [0.717, 1.165) is 0 Å². The minimum Gasteiger partial charge on any atom is -0.542 e. The third kappa shape index (κ3) is 8.93. The van der Waals surface area contributed by atoms with Gasteiger partial charge in [0, 0.05) is 61.2 Å². The topological polar surface area (TPSA) is 213 Å². The van der Waals surface area contributed by atoms with Gasteiger partial charge in [-0.3, -0.25) is 19.2 Å².